The average Bonchev–Trinajstić information content (AvgIpc) is 2.15. The first-order valence-electron chi connectivity index (χ1n) is 4.11. The molecule has 70 valence electrons. The maximum absolute atomic E-state index is 11.3. The maximum Gasteiger partial charge on any atom is 0.208 e. The highest BCUT2D eigenvalue weighted by atomic mass is 16.5. The number of rotatable bonds is 4. The summed E-state index contributed by atoms with van der Waals surface area (Å²) in [6.45, 7) is 3.82. The van der Waals surface area contributed by atoms with Crippen LogP contribution in [-0.4, -0.2) is 28.5 Å². The van der Waals surface area contributed by atoms with Crippen LogP contribution in [0.1, 0.15) is 24.3 Å². The van der Waals surface area contributed by atoms with Crippen LogP contribution in [0.3, 0.4) is 0 Å². The third kappa shape index (κ3) is 3.29. The van der Waals surface area contributed by atoms with E-state index in [1.807, 2.05) is 13.8 Å². The molecular formula is C9H12N2O2. The summed E-state index contributed by atoms with van der Waals surface area (Å²) in [4.78, 5) is 19.0. The molecule has 0 saturated carbocycles. The highest BCUT2D eigenvalue weighted by molar-refractivity contribution is 5.94. The van der Waals surface area contributed by atoms with Gasteiger partial charge in [0, 0.05) is 12.4 Å². The first-order valence-corrected chi connectivity index (χ1v) is 4.11. The second-order valence-corrected chi connectivity index (χ2v) is 2.87. The van der Waals surface area contributed by atoms with Crippen molar-refractivity contribution >= 4 is 5.78 Å². The molecule has 0 bridgehead atoms. The fourth-order valence-electron chi connectivity index (χ4n) is 0.759. The number of ether oxygens (including phenoxy) is 1. The van der Waals surface area contributed by atoms with Gasteiger partial charge in [0.2, 0.25) is 5.78 Å². The first kappa shape index (κ1) is 9.80. The average molecular weight is 180 g/mol. The predicted molar refractivity (Wildman–Crippen MR) is 47.5 cm³/mol. The molecule has 0 saturated heterocycles. The normalized spacial score (nSPS) is 10.4. The largest absolute Gasteiger partial charge is 0.371 e. The predicted octanol–water partition coefficient (Wildman–Crippen LogP) is 1.08. The Labute approximate surface area is 77.0 Å². The summed E-state index contributed by atoms with van der Waals surface area (Å²) in [5.74, 6) is -0.137. The van der Waals surface area contributed by atoms with Crippen LogP contribution in [0.15, 0.2) is 18.6 Å². The van der Waals surface area contributed by atoms with Crippen LogP contribution >= 0.6 is 0 Å². The molecule has 0 aromatic carbocycles. The lowest BCUT2D eigenvalue weighted by Crippen LogP contribution is -2.14. The van der Waals surface area contributed by atoms with Gasteiger partial charge >= 0.3 is 0 Å². The molecule has 0 aliphatic carbocycles. The van der Waals surface area contributed by atoms with Gasteiger partial charge in [-0.05, 0) is 13.8 Å². The molecule has 13 heavy (non-hydrogen) atoms. The van der Waals surface area contributed by atoms with E-state index in [4.69, 9.17) is 4.74 Å². The molecule has 1 heterocycles. The molecule has 0 unspecified atom stereocenters. The Bertz CT molecular complexity index is 272. The van der Waals surface area contributed by atoms with Crippen molar-refractivity contribution in [3.05, 3.63) is 24.3 Å². The van der Waals surface area contributed by atoms with Crippen molar-refractivity contribution in [3.8, 4) is 0 Å². The van der Waals surface area contributed by atoms with E-state index in [-0.39, 0.29) is 18.5 Å². The minimum Gasteiger partial charge on any atom is -0.371 e. The van der Waals surface area contributed by atoms with E-state index in [0.717, 1.165) is 0 Å². The van der Waals surface area contributed by atoms with E-state index in [2.05, 4.69) is 9.97 Å². The SMILES string of the molecule is CC(C)OCC(=O)c1cnccn1. The van der Waals surface area contributed by atoms with Crippen molar-refractivity contribution in [2.24, 2.45) is 0 Å². The van der Waals surface area contributed by atoms with Crippen molar-refractivity contribution in [2.75, 3.05) is 6.61 Å². The molecule has 1 rings (SSSR count). The number of ketones is 1. The van der Waals surface area contributed by atoms with Gasteiger partial charge in [-0.1, -0.05) is 0 Å². The van der Waals surface area contributed by atoms with Gasteiger partial charge in [0.25, 0.3) is 0 Å². The lowest BCUT2D eigenvalue weighted by molar-refractivity contribution is 0.0580. The molecule has 4 nitrogen and oxygen atoms in total. The number of hydrogen-bond acceptors (Lipinski definition) is 4. The fourth-order valence-corrected chi connectivity index (χ4v) is 0.759. The smallest absolute Gasteiger partial charge is 0.208 e. The first-order chi connectivity index (χ1) is 6.20. The van der Waals surface area contributed by atoms with Crippen LogP contribution in [0.25, 0.3) is 0 Å². The summed E-state index contributed by atoms with van der Waals surface area (Å²) in [6, 6.07) is 0. The molecule has 0 spiro atoms. The highest BCUT2D eigenvalue weighted by Crippen LogP contribution is 1.95. The van der Waals surface area contributed by atoms with E-state index in [0.29, 0.717) is 5.69 Å². The zero-order valence-corrected chi connectivity index (χ0v) is 7.73. The minimum atomic E-state index is -0.137. The number of aromatic nitrogens is 2. The van der Waals surface area contributed by atoms with Crippen LogP contribution in [0.5, 0.6) is 0 Å². The van der Waals surface area contributed by atoms with E-state index in [9.17, 15) is 4.79 Å². The summed E-state index contributed by atoms with van der Waals surface area (Å²) >= 11 is 0. The monoisotopic (exact) mass is 180 g/mol. The molecule has 0 radical (unpaired) electrons. The van der Waals surface area contributed by atoms with Crippen molar-refractivity contribution in [1.29, 1.82) is 0 Å². The molecule has 1 aromatic rings. The zero-order valence-electron chi connectivity index (χ0n) is 7.73. The van der Waals surface area contributed by atoms with Gasteiger partial charge in [0.05, 0.1) is 12.3 Å². The standard InChI is InChI=1S/C9H12N2O2/c1-7(2)13-6-9(12)8-5-10-3-4-11-8/h3-5,7H,6H2,1-2H3. The van der Waals surface area contributed by atoms with Crippen LogP contribution in [0.4, 0.5) is 0 Å². The van der Waals surface area contributed by atoms with Crippen molar-refractivity contribution < 1.29 is 9.53 Å². The van der Waals surface area contributed by atoms with E-state index in [1.54, 1.807) is 0 Å². The van der Waals surface area contributed by atoms with E-state index in [1.165, 1.54) is 18.6 Å². The Morgan fingerprint density at radius 3 is 2.85 bits per heavy atom. The van der Waals surface area contributed by atoms with Gasteiger partial charge < -0.3 is 4.74 Å². The Morgan fingerprint density at radius 1 is 1.54 bits per heavy atom. The van der Waals surface area contributed by atoms with Crippen LogP contribution in [-0.2, 0) is 4.74 Å². The Kier molecular flexibility index (Phi) is 3.52. The molecular weight excluding hydrogens is 168 g/mol. The summed E-state index contributed by atoms with van der Waals surface area (Å²) < 4.78 is 5.14. The second kappa shape index (κ2) is 4.67. The highest BCUT2D eigenvalue weighted by Gasteiger charge is 2.07. The quantitative estimate of drug-likeness (QED) is 0.651. The molecule has 0 aliphatic heterocycles. The lowest BCUT2D eigenvalue weighted by Gasteiger charge is -2.05. The molecule has 0 amide bonds. The third-order valence-corrected chi connectivity index (χ3v) is 1.40. The molecule has 0 atom stereocenters. The Hall–Kier alpha value is -1.29. The van der Waals surface area contributed by atoms with Crippen LogP contribution in [0, 0.1) is 0 Å². The summed E-state index contributed by atoms with van der Waals surface area (Å²) in [7, 11) is 0. The van der Waals surface area contributed by atoms with Crippen molar-refractivity contribution in [1.82, 2.24) is 9.97 Å². The number of Topliss-reactive ketones (excluding diaryl/α,β-unsaturated/α-hetero) is 1. The van der Waals surface area contributed by atoms with Gasteiger partial charge in [-0.15, -0.1) is 0 Å². The van der Waals surface area contributed by atoms with Gasteiger partial charge in [0.15, 0.2) is 0 Å². The van der Waals surface area contributed by atoms with Gasteiger partial charge in [-0.3, -0.25) is 9.78 Å². The summed E-state index contributed by atoms with van der Waals surface area (Å²) in [6.07, 6.45) is 4.51. The van der Waals surface area contributed by atoms with Gasteiger partial charge in [-0.25, -0.2) is 4.98 Å². The third-order valence-electron chi connectivity index (χ3n) is 1.40. The van der Waals surface area contributed by atoms with Gasteiger partial charge in [-0.2, -0.15) is 0 Å². The Morgan fingerprint density at radius 2 is 2.31 bits per heavy atom. The topological polar surface area (TPSA) is 52.1 Å². The fraction of sp³-hybridized carbons (Fsp3) is 0.444. The zero-order chi connectivity index (χ0) is 9.68. The Balaban J connectivity index is 2.50. The van der Waals surface area contributed by atoms with Crippen molar-refractivity contribution in [2.45, 2.75) is 20.0 Å². The summed E-state index contributed by atoms with van der Waals surface area (Å²) in [5.41, 5.74) is 0.350. The number of nitrogens with zero attached hydrogens (tertiary/aromatic N) is 2. The molecule has 0 aliphatic rings. The van der Waals surface area contributed by atoms with Crippen molar-refractivity contribution in [3.63, 3.8) is 0 Å². The number of carbonyl (C=O) groups excluding carboxylic acids is 1. The lowest BCUT2D eigenvalue weighted by atomic mass is 10.3. The molecule has 0 N–H and O–H groups in total. The van der Waals surface area contributed by atoms with E-state index < -0.39 is 0 Å². The molecule has 1 aromatic heterocycles. The number of carbonyl (C=O) groups is 1. The summed E-state index contributed by atoms with van der Waals surface area (Å²) in [5, 5.41) is 0. The maximum atomic E-state index is 11.3. The van der Waals surface area contributed by atoms with Crippen LogP contribution in [0.2, 0.25) is 0 Å². The minimum absolute atomic E-state index is 0.0561. The number of hydrogen-bond donors (Lipinski definition) is 0. The van der Waals surface area contributed by atoms with E-state index >= 15 is 0 Å². The molecule has 4 heteroatoms. The van der Waals surface area contributed by atoms with Gasteiger partial charge in [0.1, 0.15) is 12.3 Å². The molecule has 0 fully saturated rings. The second-order valence-electron chi connectivity index (χ2n) is 2.87. The van der Waals surface area contributed by atoms with Crippen LogP contribution < -0.4 is 0 Å².